The van der Waals surface area contributed by atoms with E-state index in [4.69, 9.17) is 5.11 Å². The maximum atomic E-state index is 10.6. The number of allylic oxidation sites excluding steroid dienone is 1. The van der Waals surface area contributed by atoms with Crippen molar-refractivity contribution in [2.75, 3.05) is 0 Å². The van der Waals surface area contributed by atoms with Crippen molar-refractivity contribution in [1.82, 2.24) is 9.97 Å². The first-order chi connectivity index (χ1) is 8.16. The van der Waals surface area contributed by atoms with Crippen LogP contribution in [0.5, 0.6) is 0 Å². The number of carboxylic acid groups (broad SMARTS) is 1. The molecule has 86 valence electrons. The summed E-state index contributed by atoms with van der Waals surface area (Å²) in [5.74, 6) is -0.942. The zero-order chi connectivity index (χ0) is 12.3. The van der Waals surface area contributed by atoms with Crippen molar-refractivity contribution >= 4 is 11.5 Å². The second kappa shape index (κ2) is 4.65. The van der Waals surface area contributed by atoms with Crippen LogP contribution in [-0.2, 0) is 4.79 Å². The number of H-pyrrole nitrogens is 1. The summed E-state index contributed by atoms with van der Waals surface area (Å²) in [6.45, 7) is 1.76. The Morgan fingerprint density at radius 3 is 2.71 bits per heavy atom. The topological polar surface area (TPSA) is 66.0 Å². The minimum atomic E-state index is -0.942. The number of aromatic amines is 1. The minimum absolute atomic E-state index is 0.692. The third kappa shape index (κ3) is 2.60. The number of hydrogen-bond acceptors (Lipinski definition) is 2. The van der Waals surface area contributed by atoms with Gasteiger partial charge in [0, 0.05) is 30.4 Å². The highest BCUT2D eigenvalue weighted by molar-refractivity contribution is 5.89. The van der Waals surface area contributed by atoms with Gasteiger partial charge in [0.2, 0.25) is 0 Å². The monoisotopic (exact) mass is 228 g/mol. The quantitative estimate of drug-likeness (QED) is 0.793. The van der Waals surface area contributed by atoms with E-state index in [1.54, 1.807) is 19.3 Å². The summed E-state index contributed by atoms with van der Waals surface area (Å²) in [6.07, 6.45) is 6.48. The average Bonchev–Trinajstić information content (AvgIpc) is 2.78. The lowest BCUT2D eigenvalue weighted by Crippen LogP contribution is -1.89. The second-order valence-corrected chi connectivity index (χ2v) is 3.70. The zero-order valence-corrected chi connectivity index (χ0v) is 9.34. The molecule has 0 atom stereocenters. The molecule has 0 spiro atoms. The van der Waals surface area contributed by atoms with Gasteiger partial charge in [0.15, 0.2) is 0 Å². The summed E-state index contributed by atoms with van der Waals surface area (Å²) in [4.78, 5) is 17.6. The SMILES string of the molecule is C/C(=C/C(=O)O)c1cc(-c2ccncc2)c[nH]1. The van der Waals surface area contributed by atoms with E-state index in [9.17, 15) is 4.79 Å². The molecule has 0 saturated heterocycles. The highest BCUT2D eigenvalue weighted by atomic mass is 16.4. The number of aromatic nitrogens is 2. The lowest BCUT2D eigenvalue weighted by molar-refractivity contribution is -0.131. The third-order valence-electron chi connectivity index (χ3n) is 2.46. The van der Waals surface area contributed by atoms with Gasteiger partial charge in [0.1, 0.15) is 0 Å². The minimum Gasteiger partial charge on any atom is -0.478 e. The van der Waals surface area contributed by atoms with Crippen LogP contribution in [-0.4, -0.2) is 21.0 Å². The maximum absolute atomic E-state index is 10.6. The number of hydrogen-bond donors (Lipinski definition) is 2. The van der Waals surface area contributed by atoms with E-state index in [1.807, 2.05) is 24.4 Å². The van der Waals surface area contributed by atoms with Crippen molar-refractivity contribution in [1.29, 1.82) is 0 Å². The smallest absolute Gasteiger partial charge is 0.328 e. The molecule has 0 unspecified atom stereocenters. The molecule has 0 fully saturated rings. The number of rotatable bonds is 3. The first-order valence-electron chi connectivity index (χ1n) is 5.17. The van der Waals surface area contributed by atoms with E-state index >= 15 is 0 Å². The highest BCUT2D eigenvalue weighted by Gasteiger charge is 2.04. The summed E-state index contributed by atoms with van der Waals surface area (Å²) in [5, 5.41) is 8.67. The fourth-order valence-corrected chi connectivity index (χ4v) is 1.60. The van der Waals surface area contributed by atoms with Gasteiger partial charge in [-0.3, -0.25) is 4.98 Å². The molecule has 0 saturated carbocycles. The van der Waals surface area contributed by atoms with E-state index in [-0.39, 0.29) is 0 Å². The Labute approximate surface area is 98.6 Å². The molecule has 4 heteroatoms. The number of carbonyl (C=O) groups is 1. The standard InChI is InChI=1S/C13H12N2O2/c1-9(6-13(16)17)12-7-11(8-15-12)10-2-4-14-5-3-10/h2-8,15H,1H3,(H,16,17)/b9-6-. The zero-order valence-electron chi connectivity index (χ0n) is 9.34. The Balaban J connectivity index is 2.31. The second-order valence-electron chi connectivity index (χ2n) is 3.70. The van der Waals surface area contributed by atoms with Crippen molar-refractivity contribution in [3.8, 4) is 11.1 Å². The summed E-state index contributed by atoms with van der Waals surface area (Å²) >= 11 is 0. The molecule has 0 aliphatic rings. The molecule has 17 heavy (non-hydrogen) atoms. The van der Waals surface area contributed by atoms with E-state index < -0.39 is 5.97 Å². The van der Waals surface area contributed by atoms with Crippen LogP contribution in [0.4, 0.5) is 0 Å². The van der Waals surface area contributed by atoms with Crippen LogP contribution in [0.15, 0.2) is 42.9 Å². The van der Waals surface area contributed by atoms with Crippen molar-refractivity contribution in [2.24, 2.45) is 0 Å². The fourth-order valence-electron chi connectivity index (χ4n) is 1.60. The number of pyridine rings is 1. The first kappa shape index (κ1) is 11.1. The highest BCUT2D eigenvalue weighted by Crippen LogP contribution is 2.22. The van der Waals surface area contributed by atoms with E-state index in [2.05, 4.69) is 9.97 Å². The molecule has 4 nitrogen and oxygen atoms in total. The molecular formula is C13H12N2O2. The molecule has 2 rings (SSSR count). The predicted octanol–water partition coefficient (Wildman–Crippen LogP) is 2.56. The Morgan fingerprint density at radius 2 is 2.06 bits per heavy atom. The van der Waals surface area contributed by atoms with E-state index in [0.717, 1.165) is 16.8 Å². The van der Waals surface area contributed by atoms with Crippen LogP contribution in [0, 0.1) is 0 Å². The van der Waals surface area contributed by atoms with Gasteiger partial charge in [-0.25, -0.2) is 4.79 Å². The van der Waals surface area contributed by atoms with Crippen molar-refractivity contribution in [3.05, 3.63) is 48.6 Å². The normalized spacial score (nSPS) is 11.5. The van der Waals surface area contributed by atoms with Crippen LogP contribution in [0.1, 0.15) is 12.6 Å². The van der Waals surface area contributed by atoms with Gasteiger partial charge in [-0.15, -0.1) is 0 Å². The van der Waals surface area contributed by atoms with Gasteiger partial charge in [-0.1, -0.05) is 0 Å². The van der Waals surface area contributed by atoms with Crippen LogP contribution in [0.25, 0.3) is 16.7 Å². The van der Waals surface area contributed by atoms with E-state index in [1.165, 1.54) is 6.08 Å². The molecule has 2 N–H and O–H groups in total. The van der Waals surface area contributed by atoms with Gasteiger partial charge >= 0.3 is 5.97 Å². The van der Waals surface area contributed by atoms with Gasteiger partial charge < -0.3 is 10.1 Å². The molecule has 2 aromatic rings. The number of aliphatic carboxylic acids is 1. The molecule has 2 heterocycles. The van der Waals surface area contributed by atoms with Gasteiger partial charge in [-0.2, -0.15) is 0 Å². The van der Waals surface area contributed by atoms with Crippen molar-refractivity contribution < 1.29 is 9.90 Å². The van der Waals surface area contributed by atoms with Gasteiger partial charge in [-0.05, 0) is 41.8 Å². The number of nitrogens with zero attached hydrogens (tertiary/aromatic N) is 1. The van der Waals surface area contributed by atoms with Gasteiger partial charge in [0.25, 0.3) is 0 Å². The predicted molar refractivity (Wildman–Crippen MR) is 65.3 cm³/mol. The van der Waals surface area contributed by atoms with Crippen LogP contribution in [0.2, 0.25) is 0 Å². The molecule has 0 bridgehead atoms. The Bertz CT molecular complexity index is 556. The summed E-state index contributed by atoms with van der Waals surface area (Å²) in [7, 11) is 0. The fraction of sp³-hybridized carbons (Fsp3) is 0.0769. The average molecular weight is 228 g/mol. The molecule has 0 radical (unpaired) electrons. The molecular weight excluding hydrogens is 216 g/mol. The summed E-state index contributed by atoms with van der Waals surface area (Å²) in [5.41, 5.74) is 3.56. The van der Waals surface area contributed by atoms with Crippen LogP contribution in [0.3, 0.4) is 0 Å². The molecule has 2 aromatic heterocycles. The largest absolute Gasteiger partial charge is 0.478 e. The van der Waals surface area contributed by atoms with Crippen LogP contribution < -0.4 is 0 Å². The van der Waals surface area contributed by atoms with Gasteiger partial charge in [0.05, 0.1) is 0 Å². The Hall–Kier alpha value is -2.36. The molecule has 0 aliphatic heterocycles. The third-order valence-corrected chi connectivity index (χ3v) is 2.46. The Kier molecular flexibility index (Phi) is 3.05. The number of carboxylic acids is 1. The molecule has 0 amide bonds. The maximum Gasteiger partial charge on any atom is 0.328 e. The van der Waals surface area contributed by atoms with E-state index in [0.29, 0.717) is 5.57 Å². The summed E-state index contributed by atoms with van der Waals surface area (Å²) in [6, 6.07) is 5.73. The van der Waals surface area contributed by atoms with Crippen LogP contribution >= 0.6 is 0 Å². The Morgan fingerprint density at radius 1 is 1.35 bits per heavy atom. The van der Waals surface area contributed by atoms with Crippen molar-refractivity contribution in [2.45, 2.75) is 6.92 Å². The summed E-state index contributed by atoms with van der Waals surface area (Å²) < 4.78 is 0. The first-order valence-corrected chi connectivity index (χ1v) is 5.17. The molecule has 0 aromatic carbocycles. The van der Waals surface area contributed by atoms with Crippen molar-refractivity contribution in [3.63, 3.8) is 0 Å². The number of nitrogens with one attached hydrogen (secondary N) is 1. The lowest BCUT2D eigenvalue weighted by atomic mass is 10.1. The lowest BCUT2D eigenvalue weighted by Gasteiger charge is -1.95. The molecule has 0 aliphatic carbocycles.